The van der Waals surface area contributed by atoms with Crippen molar-refractivity contribution in [2.45, 2.75) is 13.3 Å². The molecule has 3 N–H and O–H groups in total. The van der Waals surface area contributed by atoms with Gasteiger partial charge < -0.3 is 11.1 Å². The summed E-state index contributed by atoms with van der Waals surface area (Å²) in [5.74, 6) is 0.334. The maximum atomic E-state index is 12.1. The summed E-state index contributed by atoms with van der Waals surface area (Å²) in [4.78, 5) is 16.0. The van der Waals surface area contributed by atoms with Crippen molar-refractivity contribution in [1.29, 1.82) is 0 Å². The standard InChI is InChI=1S/C16H19N3O/c1-12(11-17)10-13-2-4-14(5-3-13)16(20)19-15-6-8-18-9-7-15/h2-9,12H,10-11,17H2,1H3,(H,18,19,20). The molecule has 0 aliphatic heterocycles. The molecule has 0 fully saturated rings. The third-order valence-electron chi connectivity index (χ3n) is 3.14. The van der Waals surface area contributed by atoms with E-state index in [1.807, 2.05) is 24.3 Å². The molecule has 1 heterocycles. The highest BCUT2D eigenvalue weighted by atomic mass is 16.1. The number of aromatic nitrogens is 1. The summed E-state index contributed by atoms with van der Waals surface area (Å²) in [6.07, 6.45) is 4.22. The Morgan fingerprint density at radius 1 is 1.20 bits per heavy atom. The first-order chi connectivity index (χ1) is 9.69. The molecule has 2 rings (SSSR count). The van der Waals surface area contributed by atoms with Crippen LogP contribution in [0.2, 0.25) is 0 Å². The summed E-state index contributed by atoms with van der Waals surface area (Å²) in [6.45, 7) is 2.79. The van der Waals surface area contributed by atoms with E-state index in [-0.39, 0.29) is 5.91 Å². The Morgan fingerprint density at radius 3 is 2.45 bits per heavy atom. The number of anilines is 1. The fourth-order valence-corrected chi connectivity index (χ4v) is 1.92. The summed E-state index contributed by atoms with van der Waals surface area (Å²) < 4.78 is 0. The Labute approximate surface area is 119 Å². The second-order valence-corrected chi connectivity index (χ2v) is 4.93. The molecule has 0 bridgehead atoms. The van der Waals surface area contributed by atoms with Crippen LogP contribution in [-0.2, 0) is 6.42 Å². The van der Waals surface area contributed by atoms with Crippen LogP contribution >= 0.6 is 0 Å². The number of benzene rings is 1. The summed E-state index contributed by atoms with van der Waals surface area (Å²) in [5.41, 5.74) is 8.20. The first-order valence-electron chi connectivity index (χ1n) is 6.69. The van der Waals surface area contributed by atoms with Crippen molar-refractivity contribution in [2.24, 2.45) is 11.7 Å². The van der Waals surface area contributed by atoms with Gasteiger partial charge in [0.2, 0.25) is 0 Å². The molecular weight excluding hydrogens is 250 g/mol. The molecule has 0 radical (unpaired) electrons. The quantitative estimate of drug-likeness (QED) is 0.876. The Morgan fingerprint density at radius 2 is 1.85 bits per heavy atom. The number of hydrogen-bond donors (Lipinski definition) is 2. The van der Waals surface area contributed by atoms with Gasteiger partial charge in [0, 0.05) is 23.6 Å². The van der Waals surface area contributed by atoms with Gasteiger partial charge in [-0.15, -0.1) is 0 Å². The normalized spacial score (nSPS) is 11.9. The molecular formula is C16H19N3O. The zero-order chi connectivity index (χ0) is 14.4. The van der Waals surface area contributed by atoms with E-state index in [1.54, 1.807) is 24.5 Å². The van der Waals surface area contributed by atoms with E-state index in [1.165, 1.54) is 5.56 Å². The highest BCUT2D eigenvalue weighted by Crippen LogP contribution is 2.11. The molecule has 0 aliphatic rings. The highest BCUT2D eigenvalue weighted by Gasteiger charge is 2.07. The predicted molar refractivity (Wildman–Crippen MR) is 80.6 cm³/mol. The molecule has 1 aromatic carbocycles. The second kappa shape index (κ2) is 6.82. The minimum atomic E-state index is -0.116. The smallest absolute Gasteiger partial charge is 0.255 e. The van der Waals surface area contributed by atoms with E-state index in [4.69, 9.17) is 5.73 Å². The molecule has 0 saturated heterocycles. The third kappa shape index (κ3) is 3.90. The van der Waals surface area contributed by atoms with Crippen molar-refractivity contribution in [3.8, 4) is 0 Å². The number of pyridine rings is 1. The summed E-state index contributed by atoms with van der Waals surface area (Å²) >= 11 is 0. The Bertz CT molecular complexity index is 552. The molecule has 104 valence electrons. The molecule has 2 aromatic rings. The molecule has 1 unspecified atom stereocenters. The number of nitrogens with two attached hydrogens (primary N) is 1. The number of amides is 1. The lowest BCUT2D eigenvalue weighted by Gasteiger charge is -2.09. The van der Waals surface area contributed by atoms with Crippen LogP contribution in [0.15, 0.2) is 48.8 Å². The van der Waals surface area contributed by atoms with Crippen molar-refractivity contribution in [3.63, 3.8) is 0 Å². The van der Waals surface area contributed by atoms with E-state index >= 15 is 0 Å². The maximum absolute atomic E-state index is 12.1. The summed E-state index contributed by atoms with van der Waals surface area (Å²) in [6, 6.07) is 11.2. The molecule has 20 heavy (non-hydrogen) atoms. The largest absolute Gasteiger partial charge is 0.330 e. The lowest BCUT2D eigenvalue weighted by atomic mass is 10.0. The van der Waals surface area contributed by atoms with Gasteiger partial charge in [-0.25, -0.2) is 0 Å². The maximum Gasteiger partial charge on any atom is 0.255 e. The molecule has 1 atom stereocenters. The molecule has 1 aromatic heterocycles. The Kier molecular flexibility index (Phi) is 4.85. The fraction of sp³-hybridized carbons (Fsp3) is 0.250. The third-order valence-corrected chi connectivity index (χ3v) is 3.14. The minimum Gasteiger partial charge on any atom is -0.330 e. The summed E-state index contributed by atoms with van der Waals surface area (Å²) in [7, 11) is 0. The Balaban J connectivity index is 2.01. The van der Waals surface area contributed by atoms with Gasteiger partial charge in [-0.05, 0) is 48.7 Å². The van der Waals surface area contributed by atoms with Gasteiger partial charge in [0.25, 0.3) is 5.91 Å². The van der Waals surface area contributed by atoms with Gasteiger partial charge in [0.15, 0.2) is 0 Å². The number of carbonyl (C=O) groups is 1. The van der Waals surface area contributed by atoms with Crippen LogP contribution in [0, 0.1) is 5.92 Å². The van der Waals surface area contributed by atoms with E-state index in [0.717, 1.165) is 12.1 Å². The topological polar surface area (TPSA) is 68.0 Å². The van der Waals surface area contributed by atoms with Crippen molar-refractivity contribution in [3.05, 3.63) is 59.9 Å². The second-order valence-electron chi connectivity index (χ2n) is 4.93. The number of nitrogens with one attached hydrogen (secondary N) is 1. The van der Waals surface area contributed by atoms with Crippen LogP contribution in [-0.4, -0.2) is 17.4 Å². The van der Waals surface area contributed by atoms with E-state index in [9.17, 15) is 4.79 Å². The number of rotatable bonds is 5. The van der Waals surface area contributed by atoms with E-state index in [0.29, 0.717) is 18.0 Å². The minimum absolute atomic E-state index is 0.116. The van der Waals surface area contributed by atoms with Crippen LogP contribution in [0.4, 0.5) is 5.69 Å². The van der Waals surface area contributed by atoms with Crippen molar-refractivity contribution in [2.75, 3.05) is 11.9 Å². The SMILES string of the molecule is CC(CN)Cc1ccc(C(=O)Nc2ccncc2)cc1. The average Bonchev–Trinajstić information content (AvgIpc) is 2.49. The number of carbonyl (C=O) groups excluding carboxylic acids is 1. The van der Waals surface area contributed by atoms with E-state index < -0.39 is 0 Å². The zero-order valence-corrected chi connectivity index (χ0v) is 11.5. The number of nitrogens with zero attached hydrogens (tertiary/aromatic N) is 1. The van der Waals surface area contributed by atoms with Crippen molar-refractivity contribution >= 4 is 11.6 Å². The lowest BCUT2D eigenvalue weighted by Crippen LogP contribution is -2.14. The van der Waals surface area contributed by atoms with Crippen LogP contribution in [0.5, 0.6) is 0 Å². The lowest BCUT2D eigenvalue weighted by molar-refractivity contribution is 0.102. The average molecular weight is 269 g/mol. The highest BCUT2D eigenvalue weighted by molar-refractivity contribution is 6.04. The predicted octanol–water partition coefficient (Wildman–Crippen LogP) is 2.47. The molecule has 0 spiro atoms. The van der Waals surface area contributed by atoms with Gasteiger partial charge >= 0.3 is 0 Å². The first-order valence-corrected chi connectivity index (χ1v) is 6.69. The molecule has 4 nitrogen and oxygen atoms in total. The van der Waals surface area contributed by atoms with Gasteiger partial charge in [0.1, 0.15) is 0 Å². The van der Waals surface area contributed by atoms with Gasteiger partial charge in [-0.3, -0.25) is 9.78 Å². The monoisotopic (exact) mass is 269 g/mol. The van der Waals surface area contributed by atoms with E-state index in [2.05, 4.69) is 17.2 Å². The van der Waals surface area contributed by atoms with Gasteiger partial charge in [0.05, 0.1) is 0 Å². The molecule has 1 amide bonds. The molecule has 0 saturated carbocycles. The summed E-state index contributed by atoms with van der Waals surface area (Å²) in [5, 5.41) is 2.83. The zero-order valence-electron chi connectivity index (χ0n) is 11.5. The molecule has 4 heteroatoms. The van der Waals surface area contributed by atoms with Crippen molar-refractivity contribution < 1.29 is 4.79 Å². The molecule has 0 aliphatic carbocycles. The first kappa shape index (κ1) is 14.2. The Hall–Kier alpha value is -2.20. The van der Waals surface area contributed by atoms with Crippen LogP contribution in [0.3, 0.4) is 0 Å². The van der Waals surface area contributed by atoms with Gasteiger partial charge in [-0.1, -0.05) is 19.1 Å². The van der Waals surface area contributed by atoms with Crippen LogP contribution < -0.4 is 11.1 Å². The number of hydrogen-bond acceptors (Lipinski definition) is 3. The van der Waals surface area contributed by atoms with Gasteiger partial charge in [-0.2, -0.15) is 0 Å². The van der Waals surface area contributed by atoms with Crippen molar-refractivity contribution in [1.82, 2.24) is 4.98 Å². The van der Waals surface area contributed by atoms with Crippen LogP contribution in [0.25, 0.3) is 0 Å². The van der Waals surface area contributed by atoms with Crippen LogP contribution in [0.1, 0.15) is 22.8 Å². The fourth-order valence-electron chi connectivity index (χ4n) is 1.92.